The Labute approximate surface area is 574 Å². The fourth-order valence-corrected chi connectivity index (χ4v) is 15.8. The number of hydrogen-bond acceptors (Lipinski definition) is 3. The molecule has 1 rings (SSSR count). The van der Waals surface area contributed by atoms with E-state index >= 15 is 0 Å². The predicted octanol–water partition coefficient (Wildman–Crippen LogP) is 30.2. The molecule has 544 valence electrons. The summed E-state index contributed by atoms with van der Waals surface area (Å²) in [6.07, 6.45) is 102. The molecule has 0 bridgehead atoms. The summed E-state index contributed by atoms with van der Waals surface area (Å²) in [4.78, 5) is 12.0. The van der Waals surface area contributed by atoms with Crippen LogP contribution in [0.4, 0.5) is 0 Å². The number of aliphatic carboxylic acids is 1. The van der Waals surface area contributed by atoms with Crippen molar-refractivity contribution in [3.8, 4) is 0 Å². The van der Waals surface area contributed by atoms with Gasteiger partial charge in [-0.3, -0.25) is 4.79 Å². The van der Waals surface area contributed by atoms with Gasteiger partial charge >= 0.3 is 5.97 Å². The Morgan fingerprint density at radius 2 is 0.484 bits per heavy atom. The van der Waals surface area contributed by atoms with E-state index in [1.807, 2.05) is 0 Å². The van der Waals surface area contributed by atoms with E-state index in [9.17, 15) is 20.1 Å². The smallest absolute Gasteiger partial charge is 0.309 e. The zero-order valence-corrected chi connectivity index (χ0v) is 63.3. The number of aliphatic hydroxyl groups excluding tert-OH is 2. The Morgan fingerprint density at radius 1 is 0.275 bits per heavy atom. The van der Waals surface area contributed by atoms with Crippen molar-refractivity contribution < 1.29 is 20.1 Å². The molecule has 0 radical (unpaired) electrons. The normalized spacial score (nSPS) is 15.8. The van der Waals surface area contributed by atoms with E-state index in [-0.39, 0.29) is 6.10 Å². The molecule has 3 N–H and O–H groups in total. The van der Waals surface area contributed by atoms with E-state index < -0.39 is 18.0 Å². The van der Waals surface area contributed by atoms with Crippen LogP contribution in [0.3, 0.4) is 0 Å². The van der Waals surface area contributed by atoms with Gasteiger partial charge in [-0.15, -0.1) is 0 Å². The molecule has 0 unspecified atom stereocenters. The molecule has 4 nitrogen and oxygen atoms in total. The highest BCUT2D eigenvalue weighted by Gasteiger charge is 2.39. The number of hydrogen-bond donors (Lipinski definition) is 3. The first-order valence-corrected chi connectivity index (χ1v) is 43.4. The van der Waals surface area contributed by atoms with Crippen LogP contribution in [-0.4, -0.2) is 33.5 Å². The van der Waals surface area contributed by atoms with Crippen molar-refractivity contribution in [2.24, 2.45) is 29.6 Å². The van der Waals surface area contributed by atoms with Crippen LogP contribution in [0.15, 0.2) is 0 Å². The number of carboxylic acids is 1. The van der Waals surface area contributed by atoms with Crippen molar-refractivity contribution >= 4 is 5.97 Å². The summed E-state index contributed by atoms with van der Waals surface area (Å²) in [5.41, 5.74) is 0. The van der Waals surface area contributed by atoms with Crippen molar-refractivity contribution in [1.29, 1.82) is 0 Å². The van der Waals surface area contributed by atoms with Crippen LogP contribution in [-0.2, 0) is 4.79 Å². The van der Waals surface area contributed by atoms with Gasteiger partial charge in [-0.2, -0.15) is 0 Å². The van der Waals surface area contributed by atoms with Crippen molar-refractivity contribution in [3.05, 3.63) is 0 Å². The fraction of sp³-hybridized carbons (Fsp3) is 0.989. The van der Waals surface area contributed by atoms with Crippen molar-refractivity contribution in [2.75, 3.05) is 0 Å². The highest BCUT2D eigenvalue weighted by molar-refractivity contribution is 5.70. The van der Waals surface area contributed by atoms with Crippen LogP contribution < -0.4 is 0 Å². The van der Waals surface area contributed by atoms with Crippen LogP contribution in [0.5, 0.6) is 0 Å². The van der Waals surface area contributed by atoms with Crippen LogP contribution in [0.2, 0.25) is 0 Å². The van der Waals surface area contributed by atoms with Gasteiger partial charge in [0.25, 0.3) is 0 Å². The minimum Gasteiger partial charge on any atom is -0.481 e. The Bertz CT molecular complexity index is 1380. The molecule has 0 saturated heterocycles. The molecule has 0 spiro atoms. The van der Waals surface area contributed by atoms with Gasteiger partial charge in [-0.1, -0.05) is 477 Å². The lowest BCUT2D eigenvalue weighted by Crippen LogP contribution is -2.28. The average Bonchev–Trinajstić information content (AvgIpc) is 2.01. The topological polar surface area (TPSA) is 77.8 Å². The van der Waals surface area contributed by atoms with Crippen LogP contribution >= 0.6 is 0 Å². The molecule has 0 aromatic rings. The summed E-state index contributed by atoms with van der Waals surface area (Å²) >= 11 is 0. The maximum absolute atomic E-state index is 12.0. The minimum atomic E-state index is -0.799. The zero-order chi connectivity index (χ0) is 65.7. The molecule has 1 aliphatic carbocycles. The Morgan fingerprint density at radius 3 is 0.747 bits per heavy atom. The van der Waals surface area contributed by atoms with Gasteiger partial charge in [0.05, 0.1) is 18.1 Å². The van der Waals surface area contributed by atoms with Crippen LogP contribution in [0.25, 0.3) is 0 Å². The molecule has 1 saturated carbocycles. The maximum atomic E-state index is 12.0. The first kappa shape index (κ1) is 88.4. The summed E-state index contributed by atoms with van der Waals surface area (Å²) in [7, 11) is 0. The molecule has 0 amide bonds. The lowest BCUT2D eigenvalue weighted by Gasteiger charge is -2.19. The van der Waals surface area contributed by atoms with Gasteiger partial charge in [0.1, 0.15) is 0 Å². The van der Waals surface area contributed by atoms with Gasteiger partial charge in [0.2, 0.25) is 0 Å². The maximum Gasteiger partial charge on any atom is 0.309 e. The van der Waals surface area contributed by atoms with E-state index in [0.29, 0.717) is 18.8 Å². The summed E-state index contributed by atoms with van der Waals surface area (Å²) in [6, 6.07) is 0. The Hall–Kier alpha value is -0.610. The zero-order valence-electron chi connectivity index (χ0n) is 63.3. The number of unbranched alkanes of at least 4 members (excludes halogenated alkanes) is 64. The standard InChI is InChI=1S/C87H172O4/c1-5-7-9-11-13-15-17-19-21-23-24-25-26-27-28-33-40-46-52-58-64-70-76-83(87(90)91)86(89)78-72-66-60-54-48-42-36-35-39-45-51-57-63-69-75-82-79-84(82)80(3)73-67-61-55-49-43-37-32-29-30-34-41-47-53-59-65-71-77-85(88)81(4)74-68-62-56-50-44-38-31-22-20-18-16-14-12-10-8-6-2/h80-86,88-89H,5-79H2,1-4H3,(H,90,91)/t80-,81+,82-,83+,84+,85-,86+/m0/s1. The molecular formula is C87H172O4. The highest BCUT2D eigenvalue weighted by atomic mass is 16.4. The molecule has 0 aromatic heterocycles. The van der Waals surface area contributed by atoms with Crippen molar-refractivity contribution in [1.82, 2.24) is 0 Å². The summed E-state index contributed by atoms with van der Waals surface area (Å²) < 4.78 is 0. The molecule has 0 aromatic carbocycles. The summed E-state index contributed by atoms with van der Waals surface area (Å²) in [5, 5.41) is 31.3. The molecule has 4 heteroatoms. The van der Waals surface area contributed by atoms with Crippen LogP contribution in [0.1, 0.15) is 509 Å². The number of aliphatic hydroxyl groups is 2. The van der Waals surface area contributed by atoms with E-state index in [4.69, 9.17) is 0 Å². The molecule has 0 aliphatic heterocycles. The van der Waals surface area contributed by atoms with Gasteiger partial charge in [0.15, 0.2) is 0 Å². The van der Waals surface area contributed by atoms with Gasteiger partial charge in [0, 0.05) is 0 Å². The summed E-state index contributed by atoms with van der Waals surface area (Å²) in [6.45, 7) is 9.46. The molecular weight excluding hydrogens is 1110 g/mol. The highest BCUT2D eigenvalue weighted by Crippen LogP contribution is 2.49. The lowest BCUT2D eigenvalue weighted by molar-refractivity contribution is -0.146. The van der Waals surface area contributed by atoms with E-state index in [0.717, 1.165) is 49.9 Å². The summed E-state index contributed by atoms with van der Waals surface area (Å²) in [5.74, 6) is 2.16. The van der Waals surface area contributed by atoms with Gasteiger partial charge in [-0.25, -0.2) is 0 Å². The fourth-order valence-electron chi connectivity index (χ4n) is 15.8. The van der Waals surface area contributed by atoms with E-state index in [1.54, 1.807) is 0 Å². The predicted molar refractivity (Wildman–Crippen MR) is 406 cm³/mol. The molecule has 7 atom stereocenters. The molecule has 1 aliphatic rings. The SMILES string of the molecule is CCCCCCCCCCCCCCCCCCCCCCCC[C@@H](C(=O)O)[C@H](O)CCCCCCCCCCCCCCCC[C@H]1C[C@@H]1[C@@H](C)CCCCCCCCCCCCCCCCCC[C@H](O)[C@H](C)CCCCCCCCCCCCCCCCCC. The van der Waals surface area contributed by atoms with E-state index in [1.165, 1.54) is 437 Å². The second-order valence-electron chi connectivity index (χ2n) is 31.8. The lowest BCUT2D eigenvalue weighted by atomic mass is 9.91. The molecule has 1 fully saturated rings. The first-order chi connectivity index (χ1) is 44.8. The first-order valence-electron chi connectivity index (χ1n) is 43.4. The third-order valence-corrected chi connectivity index (χ3v) is 22.8. The average molecular weight is 1280 g/mol. The Kier molecular flexibility index (Phi) is 70.1. The number of carboxylic acid groups (broad SMARTS) is 1. The van der Waals surface area contributed by atoms with Crippen LogP contribution in [0, 0.1) is 29.6 Å². The quantitative estimate of drug-likeness (QED) is 0.0530. The van der Waals surface area contributed by atoms with Gasteiger partial charge < -0.3 is 15.3 Å². The monoisotopic (exact) mass is 1280 g/mol. The molecule has 0 heterocycles. The van der Waals surface area contributed by atoms with Gasteiger partial charge in [-0.05, 0) is 55.8 Å². The minimum absolute atomic E-state index is 0.0809. The third kappa shape index (κ3) is 63.9. The number of rotatable bonds is 80. The largest absolute Gasteiger partial charge is 0.481 e. The van der Waals surface area contributed by atoms with Crippen molar-refractivity contribution in [2.45, 2.75) is 521 Å². The van der Waals surface area contributed by atoms with Crippen molar-refractivity contribution in [3.63, 3.8) is 0 Å². The second-order valence-corrected chi connectivity index (χ2v) is 31.8. The number of carbonyl (C=O) groups is 1. The Balaban J connectivity index is 1.77. The molecule has 91 heavy (non-hydrogen) atoms. The second kappa shape index (κ2) is 72.1. The van der Waals surface area contributed by atoms with E-state index in [2.05, 4.69) is 27.7 Å². The third-order valence-electron chi connectivity index (χ3n) is 22.8.